The van der Waals surface area contributed by atoms with E-state index in [1.165, 1.54) is 0 Å². The van der Waals surface area contributed by atoms with Gasteiger partial charge in [0.15, 0.2) is 0 Å². The van der Waals surface area contributed by atoms with Crippen LogP contribution < -0.4 is 5.73 Å². The first-order valence-electron chi connectivity index (χ1n) is 5.62. The van der Waals surface area contributed by atoms with Crippen molar-refractivity contribution in [2.24, 2.45) is 5.73 Å². The van der Waals surface area contributed by atoms with E-state index >= 15 is 0 Å². The van der Waals surface area contributed by atoms with Gasteiger partial charge in [-0.05, 0) is 12.8 Å². The normalized spacial score (nSPS) is 13.0. The van der Waals surface area contributed by atoms with Crippen LogP contribution in [0.1, 0.15) is 43.3 Å². The van der Waals surface area contributed by atoms with Gasteiger partial charge in [-0.15, -0.1) is 11.3 Å². The zero-order valence-corrected chi connectivity index (χ0v) is 11.0. The molecule has 2 aromatic heterocycles. The van der Waals surface area contributed by atoms with Crippen LogP contribution in [0, 0.1) is 0 Å². The van der Waals surface area contributed by atoms with Gasteiger partial charge in [-0.3, -0.25) is 9.97 Å². The van der Waals surface area contributed by atoms with Gasteiger partial charge >= 0.3 is 0 Å². The van der Waals surface area contributed by atoms with Gasteiger partial charge in [0.05, 0.1) is 11.9 Å². The van der Waals surface area contributed by atoms with Gasteiger partial charge < -0.3 is 5.73 Å². The van der Waals surface area contributed by atoms with E-state index in [0.29, 0.717) is 5.92 Å². The van der Waals surface area contributed by atoms with Crippen LogP contribution in [-0.4, -0.2) is 15.0 Å². The third-order valence-corrected chi connectivity index (χ3v) is 3.72. The average molecular weight is 248 g/mol. The summed E-state index contributed by atoms with van der Waals surface area (Å²) in [6.07, 6.45) is 5.07. The summed E-state index contributed by atoms with van der Waals surface area (Å²) in [6, 6.07) is 0.00956. The van der Waals surface area contributed by atoms with Gasteiger partial charge in [0.25, 0.3) is 0 Å². The smallest absolute Gasteiger partial charge is 0.144 e. The van der Waals surface area contributed by atoms with Crippen molar-refractivity contribution in [3.05, 3.63) is 29.2 Å². The second kappa shape index (κ2) is 4.89. The molecular weight excluding hydrogens is 232 g/mol. The number of aromatic nitrogens is 3. The average Bonchev–Trinajstić information content (AvgIpc) is 2.75. The van der Waals surface area contributed by atoms with Crippen molar-refractivity contribution in [1.82, 2.24) is 15.0 Å². The van der Waals surface area contributed by atoms with Crippen LogP contribution in [0.5, 0.6) is 0 Å². The summed E-state index contributed by atoms with van der Waals surface area (Å²) < 4.78 is 0. The molecule has 0 aliphatic carbocycles. The standard InChI is InChI=1S/C12H16N4S/c1-7(2)10-11(8(3)13)17-12(16-10)9-6-14-4-5-15-9/h4-8H,13H2,1-3H3. The van der Waals surface area contributed by atoms with Crippen molar-refractivity contribution in [1.29, 1.82) is 0 Å². The lowest BCUT2D eigenvalue weighted by atomic mass is 10.1. The fourth-order valence-electron chi connectivity index (χ4n) is 1.60. The summed E-state index contributed by atoms with van der Waals surface area (Å²) in [7, 11) is 0. The Morgan fingerprint density at radius 1 is 1.24 bits per heavy atom. The van der Waals surface area contributed by atoms with Crippen molar-refractivity contribution >= 4 is 11.3 Å². The minimum atomic E-state index is 0.00956. The molecule has 0 aromatic carbocycles. The van der Waals surface area contributed by atoms with E-state index in [4.69, 9.17) is 5.73 Å². The maximum absolute atomic E-state index is 5.98. The number of thiazole rings is 1. The van der Waals surface area contributed by atoms with Gasteiger partial charge in [-0.1, -0.05) is 13.8 Å². The van der Waals surface area contributed by atoms with Crippen LogP contribution in [0.25, 0.3) is 10.7 Å². The maximum Gasteiger partial charge on any atom is 0.144 e. The molecule has 0 saturated carbocycles. The van der Waals surface area contributed by atoms with Crippen LogP contribution in [0.3, 0.4) is 0 Å². The Hall–Kier alpha value is -1.33. The van der Waals surface area contributed by atoms with Gasteiger partial charge in [-0.25, -0.2) is 4.98 Å². The molecule has 4 nitrogen and oxygen atoms in total. The first kappa shape index (κ1) is 12.1. The highest BCUT2D eigenvalue weighted by Gasteiger charge is 2.18. The van der Waals surface area contributed by atoms with Crippen LogP contribution in [0.15, 0.2) is 18.6 Å². The van der Waals surface area contributed by atoms with Gasteiger partial charge in [0.2, 0.25) is 0 Å². The number of hydrogen-bond donors (Lipinski definition) is 1. The Kier molecular flexibility index (Phi) is 3.49. The monoisotopic (exact) mass is 248 g/mol. The summed E-state index contributed by atoms with van der Waals surface area (Å²) in [4.78, 5) is 14.1. The fourth-order valence-corrected chi connectivity index (χ4v) is 2.74. The lowest BCUT2D eigenvalue weighted by molar-refractivity contribution is 0.763. The second-order valence-corrected chi connectivity index (χ2v) is 5.33. The highest BCUT2D eigenvalue weighted by atomic mass is 32.1. The molecule has 2 aromatic rings. The lowest BCUT2D eigenvalue weighted by Gasteiger charge is -2.07. The highest BCUT2D eigenvalue weighted by Crippen LogP contribution is 2.33. The van der Waals surface area contributed by atoms with E-state index in [1.54, 1.807) is 29.9 Å². The van der Waals surface area contributed by atoms with Crippen LogP contribution >= 0.6 is 11.3 Å². The third kappa shape index (κ3) is 2.50. The lowest BCUT2D eigenvalue weighted by Crippen LogP contribution is -2.06. The molecule has 0 aliphatic heterocycles. The van der Waals surface area contributed by atoms with E-state index in [0.717, 1.165) is 21.3 Å². The Bertz CT molecular complexity index is 465. The largest absolute Gasteiger partial charge is 0.323 e. The molecule has 0 amide bonds. The molecule has 5 heteroatoms. The summed E-state index contributed by atoms with van der Waals surface area (Å²) in [5.74, 6) is 0.373. The SMILES string of the molecule is CC(C)c1nc(-c2cnccn2)sc1C(C)N. The topological polar surface area (TPSA) is 64.7 Å². The van der Waals surface area contributed by atoms with Gasteiger partial charge in [0, 0.05) is 23.3 Å². The fraction of sp³-hybridized carbons (Fsp3) is 0.417. The Labute approximate surface area is 105 Å². The molecule has 90 valence electrons. The molecule has 1 unspecified atom stereocenters. The zero-order chi connectivity index (χ0) is 12.4. The van der Waals surface area contributed by atoms with Crippen LogP contribution in [-0.2, 0) is 0 Å². The van der Waals surface area contributed by atoms with Gasteiger partial charge in [0.1, 0.15) is 10.7 Å². The Balaban J connectivity index is 2.48. The molecule has 1 atom stereocenters. The number of nitrogens with zero attached hydrogens (tertiary/aromatic N) is 3. The summed E-state index contributed by atoms with van der Waals surface area (Å²) in [5, 5.41) is 0.897. The Morgan fingerprint density at radius 3 is 2.47 bits per heavy atom. The minimum Gasteiger partial charge on any atom is -0.323 e. The molecular formula is C12H16N4S. The predicted molar refractivity (Wildman–Crippen MR) is 69.8 cm³/mol. The number of rotatable bonds is 3. The van der Waals surface area contributed by atoms with Crippen molar-refractivity contribution in [3.63, 3.8) is 0 Å². The van der Waals surface area contributed by atoms with Crippen molar-refractivity contribution in [3.8, 4) is 10.7 Å². The molecule has 17 heavy (non-hydrogen) atoms. The molecule has 0 saturated heterocycles. The molecule has 0 bridgehead atoms. The molecule has 0 radical (unpaired) electrons. The van der Waals surface area contributed by atoms with E-state index in [9.17, 15) is 0 Å². The minimum absolute atomic E-state index is 0.00956. The Morgan fingerprint density at radius 2 is 2.00 bits per heavy atom. The summed E-state index contributed by atoms with van der Waals surface area (Å²) in [5.41, 5.74) is 7.86. The van der Waals surface area contributed by atoms with Gasteiger partial charge in [-0.2, -0.15) is 0 Å². The molecule has 0 aliphatic rings. The molecule has 0 spiro atoms. The maximum atomic E-state index is 5.98. The quantitative estimate of drug-likeness (QED) is 0.907. The first-order valence-corrected chi connectivity index (χ1v) is 6.43. The van der Waals surface area contributed by atoms with Crippen LogP contribution in [0.4, 0.5) is 0 Å². The molecule has 0 fully saturated rings. The first-order chi connectivity index (χ1) is 8.09. The highest BCUT2D eigenvalue weighted by molar-refractivity contribution is 7.15. The second-order valence-electron chi connectivity index (χ2n) is 4.30. The predicted octanol–water partition coefficient (Wildman–Crippen LogP) is 2.74. The van der Waals surface area contributed by atoms with Crippen molar-refractivity contribution in [2.75, 3.05) is 0 Å². The van der Waals surface area contributed by atoms with E-state index in [1.807, 2.05) is 6.92 Å². The van der Waals surface area contributed by atoms with E-state index < -0.39 is 0 Å². The van der Waals surface area contributed by atoms with Crippen molar-refractivity contribution in [2.45, 2.75) is 32.7 Å². The summed E-state index contributed by atoms with van der Waals surface area (Å²) in [6.45, 7) is 6.24. The number of hydrogen-bond acceptors (Lipinski definition) is 5. The van der Waals surface area contributed by atoms with Crippen molar-refractivity contribution < 1.29 is 0 Å². The third-order valence-electron chi connectivity index (χ3n) is 2.42. The van der Waals surface area contributed by atoms with Crippen LogP contribution in [0.2, 0.25) is 0 Å². The zero-order valence-electron chi connectivity index (χ0n) is 10.2. The number of nitrogens with two attached hydrogens (primary N) is 1. The molecule has 2 heterocycles. The molecule has 2 N–H and O–H groups in total. The summed E-state index contributed by atoms with van der Waals surface area (Å²) >= 11 is 1.61. The molecule has 2 rings (SSSR count). The van der Waals surface area contributed by atoms with E-state index in [-0.39, 0.29) is 6.04 Å². The van der Waals surface area contributed by atoms with E-state index in [2.05, 4.69) is 28.8 Å².